The Morgan fingerprint density at radius 1 is 1.42 bits per heavy atom. The molecule has 0 aromatic carbocycles. The van der Waals surface area contributed by atoms with Gasteiger partial charge in [0.05, 0.1) is 4.92 Å². The summed E-state index contributed by atoms with van der Waals surface area (Å²) in [4.78, 5) is 23.0. The van der Waals surface area contributed by atoms with Crippen molar-refractivity contribution in [3.8, 4) is 0 Å². The monoisotopic (exact) mass is 337 g/mol. The maximum atomic E-state index is 12.6. The third kappa shape index (κ3) is 4.11. The Hall–Kier alpha value is -1.96. The van der Waals surface area contributed by atoms with E-state index in [1.165, 1.54) is 10.9 Å². The second-order valence-electron chi connectivity index (χ2n) is 8.02. The summed E-state index contributed by atoms with van der Waals surface area (Å²) in [6.45, 7) is 11.8. The van der Waals surface area contributed by atoms with Crippen molar-refractivity contribution in [2.75, 3.05) is 0 Å². The molecule has 24 heavy (non-hydrogen) atoms. The summed E-state index contributed by atoms with van der Waals surface area (Å²) in [5.74, 6) is -0.175. The van der Waals surface area contributed by atoms with Crippen LogP contribution in [0.15, 0.2) is 6.20 Å². The molecule has 1 amide bonds. The van der Waals surface area contributed by atoms with Crippen molar-refractivity contribution >= 4 is 11.6 Å². The van der Waals surface area contributed by atoms with Gasteiger partial charge >= 0.3 is 5.69 Å². The van der Waals surface area contributed by atoms with Crippen molar-refractivity contribution in [3.63, 3.8) is 0 Å². The van der Waals surface area contributed by atoms with Gasteiger partial charge in [-0.15, -0.1) is 0 Å². The lowest BCUT2D eigenvalue weighted by Crippen LogP contribution is -2.62. The van der Waals surface area contributed by atoms with Crippen LogP contribution in [-0.4, -0.2) is 37.7 Å². The first kappa shape index (κ1) is 18.4. The zero-order chi connectivity index (χ0) is 18.3. The number of carbonyl (C=O) groups is 1. The van der Waals surface area contributed by atoms with Crippen molar-refractivity contribution < 1.29 is 9.72 Å². The molecule has 1 fully saturated rings. The van der Waals surface area contributed by atoms with Crippen LogP contribution in [0.5, 0.6) is 0 Å². The van der Waals surface area contributed by atoms with E-state index in [4.69, 9.17) is 0 Å². The van der Waals surface area contributed by atoms with E-state index in [0.29, 0.717) is 5.69 Å². The quantitative estimate of drug-likeness (QED) is 0.647. The molecule has 0 bridgehead atoms. The molecular weight excluding hydrogens is 310 g/mol. The summed E-state index contributed by atoms with van der Waals surface area (Å²) >= 11 is 0. The highest BCUT2D eigenvalue weighted by Gasteiger charge is 2.38. The molecule has 1 atom stereocenters. The van der Waals surface area contributed by atoms with Crippen LogP contribution < -0.4 is 10.6 Å². The van der Waals surface area contributed by atoms with Crippen LogP contribution in [0, 0.1) is 17.0 Å². The van der Waals surface area contributed by atoms with Gasteiger partial charge in [0.15, 0.2) is 0 Å². The van der Waals surface area contributed by atoms with Gasteiger partial charge in [-0.25, -0.2) is 0 Å². The third-order valence-corrected chi connectivity index (χ3v) is 4.40. The van der Waals surface area contributed by atoms with Crippen molar-refractivity contribution in [3.05, 3.63) is 22.0 Å². The van der Waals surface area contributed by atoms with Gasteiger partial charge in [-0.2, -0.15) is 5.10 Å². The van der Waals surface area contributed by atoms with Gasteiger partial charge in [-0.1, -0.05) is 0 Å². The molecule has 1 aliphatic heterocycles. The van der Waals surface area contributed by atoms with Gasteiger partial charge in [0.2, 0.25) is 5.91 Å². The second-order valence-corrected chi connectivity index (χ2v) is 8.02. The molecule has 8 nitrogen and oxygen atoms in total. The molecule has 0 radical (unpaired) electrons. The molecule has 0 aliphatic carbocycles. The number of nitro groups is 1. The van der Waals surface area contributed by atoms with Crippen molar-refractivity contribution in [1.82, 2.24) is 20.4 Å². The normalized spacial score (nSPS) is 21.2. The topological polar surface area (TPSA) is 102 Å². The molecule has 0 unspecified atom stereocenters. The number of aromatic nitrogens is 2. The summed E-state index contributed by atoms with van der Waals surface area (Å²) < 4.78 is 1.36. The van der Waals surface area contributed by atoms with Gasteiger partial charge in [0, 0.05) is 17.1 Å². The van der Waals surface area contributed by atoms with Gasteiger partial charge in [0.25, 0.3) is 0 Å². The first-order valence-electron chi connectivity index (χ1n) is 8.20. The van der Waals surface area contributed by atoms with E-state index >= 15 is 0 Å². The van der Waals surface area contributed by atoms with Gasteiger partial charge < -0.3 is 10.6 Å². The molecular formula is C16H27N5O3. The largest absolute Gasteiger partial charge is 0.351 e. The van der Waals surface area contributed by atoms with Crippen LogP contribution >= 0.6 is 0 Å². The summed E-state index contributed by atoms with van der Waals surface area (Å²) in [7, 11) is 0. The Balaban J connectivity index is 2.09. The van der Waals surface area contributed by atoms with E-state index in [0.717, 1.165) is 12.8 Å². The van der Waals surface area contributed by atoms with Crippen LogP contribution in [0.1, 0.15) is 59.2 Å². The minimum Gasteiger partial charge on any atom is -0.351 e. The van der Waals surface area contributed by atoms with E-state index in [1.807, 2.05) is 0 Å². The average Bonchev–Trinajstić information content (AvgIpc) is 2.76. The molecule has 1 aromatic heterocycles. The number of piperidine rings is 1. The van der Waals surface area contributed by atoms with E-state index in [1.54, 1.807) is 13.8 Å². The summed E-state index contributed by atoms with van der Waals surface area (Å²) in [5.41, 5.74) is 0.108. The molecule has 134 valence electrons. The Bertz CT molecular complexity index is 634. The first-order chi connectivity index (χ1) is 10.9. The van der Waals surface area contributed by atoms with Crippen LogP contribution in [0.4, 0.5) is 5.69 Å². The van der Waals surface area contributed by atoms with Crippen molar-refractivity contribution in [2.45, 2.75) is 77.5 Å². The molecule has 1 saturated heterocycles. The Morgan fingerprint density at radius 2 is 1.96 bits per heavy atom. The predicted molar refractivity (Wildman–Crippen MR) is 90.8 cm³/mol. The number of nitrogens with zero attached hydrogens (tertiary/aromatic N) is 3. The van der Waals surface area contributed by atoms with Crippen LogP contribution in [0.3, 0.4) is 0 Å². The Labute approximate surface area is 142 Å². The minimum atomic E-state index is -0.599. The van der Waals surface area contributed by atoms with E-state index < -0.39 is 11.0 Å². The number of nitrogens with one attached hydrogen (secondary N) is 2. The average molecular weight is 337 g/mol. The number of rotatable bonds is 4. The lowest BCUT2D eigenvalue weighted by Gasteiger charge is -2.46. The molecule has 2 N–H and O–H groups in total. The molecule has 2 rings (SSSR count). The standard InChI is InChI=1S/C16H27N5O3/c1-10-13(21(23)24)9-20(18-10)11(2)14(22)17-12-7-15(3,4)19-16(5,6)8-12/h9,11-12,19H,7-8H2,1-6H3,(H,17,22)/t11-/m0/s1. The maximum Gasteiger partial charge on any atom is 0.309 e. The molecule has 1 aromatic rings. The summed E-state index contributed by atoms with van der Waals surface area (Å²) in [6.07, 6.45) is 2.97. The van der Waals surface area contributed by atoms with Gasteiger partial charge in [-0.05, 0) is 54.4 Å². The predicted octanol–water partition coefficient (Wildman–Crippen LogP) is 2.09. The molecule has 2 heterocycles. The highest BCUT2D eigenvalue weighted by Crippen LogP contribution is 2.29. The maximum absolute atomic E-state index is 12.6. The number of amides is 1. The van der Waals surface area contributed by atoms with E-state index in [9.17, 15) is 14.9 Å². The molecule has 0 saturated carbocycles. The van der Waals surface area contributed by atoms with E-state index in [2.05, 4.69) is 43.4 Å². The fourth-order valence-electron chi connectivity index (χ4n) is 3.72. The fraction of sp³-hybridized carbons (Fsp3) is 0.750. The molecule has 1 aliphatic rings. The van der Waals surface area contributed by atoms with Gasteiger partial charge in [-0.3, -0.25) is 19.6 Å². The number of hydrogen-bond donors (Lipinski definition) is 2. The lowest BCUT2D eigenvalue weighted by molar-refractivity contribution is -0.385. The van der Waals surface area contributed by atoms with Crippen molar-refractivity contribution in [1.29, 1.82) is 0 Å². The number of aryl methyl sites for hydroxylation is 1. The molecule has 0 spiro atoms. The zero-order valence-electron chi connectivity index (χ0n) is 15.2. The van der Waals surface area contributed by atoms with Crippen LogP contribution in [0.25, 0.3) is 0 Å². The SMILES string of the molecule is Cc1nn([C@@H](C)C(=O)NC2CC(C)(C)NC(C)(C)C2)cc1[N+](=O)[O-]. The van der Waals surface area contributed by atoms with Gasteiger partial charge in [0.1, 0.15) is 17.9 Å². The summed E-state index contributed by atoms with van der Waals surface area (Å²) in [5, 5.41) is 21.7. The lowest BCUT2D eigenvalue weighted by atomic mass is 9.79. The second kappa shape index (κ2) is 6.16. The summed E-state index contributed by atoms with van der Waals surface area (Å²) in [6, 6.07) is -0.545. The number of hydrogen-bond acceptors (Lipinski definition) is 5. The number of carbonyl (C=O) groups excluding carboxylic acids is 1. The highest BCUT2D eigenvalue weighted by molar-refractivity contribution is 5.80. The first-order valence-corrected chi connectivity index (χ1v) is 8.20. The third-order valence-electron chi connectivity index (χ3n) is 4.40. The Kier molecular flexibility index (Phi) is 4.72. The fourth-order valence-corrected chi connectivity index (χ4v) is 3.72. The smallest absolute Gasteiger partial charge is 0.309 e. The van der Waals surface area contributed by atoms with Crippen molar-refractivity contribution in [2.24, 2.45) is 0 Å². The van der Waals surface area contributed by atoms with Crippen LogP contribution in [-0.2, 0) is 4.79 Å². The highest BCUT2D eigenvalue weighted by atomic mass is 16.6. The Morgan fingerprint density at radius 3 is 2.42 bits per heavy atom. The minimum absolute atomic E-state index is 0.0536. The van der Waals surface area contributed by atoms with E-state index in [-0.39, 0.29) is 28.7 Å². The zero-order valence-corrected chi connectivity index (χ0v) is 15.2. The van der Waals surface area contributed by atoms with Crippen LogP contribution in [0.2, 0.25) is 0 Å². The molecule has 8 heteroatoms.